The molecule has 0 bridgehead atoms. The monoisotopic (exact) mass is 1430 g/mol. The molecular weight excluding hydrogens is 1270 g/mol. The third kappa shape index (κ3) is 83.8. The smallest absolute Gasteiger partial charge is 0.361 e. The SMILES string of the molecule is CC/C=C\C/C=C\C/C=C\C/C=C\C/C=C\C/C=C\C/C=C\C/C=C\CCCCCCCCCCCCCCCCCCC(=O)OC(COC(=O)CCCCCCCCCCCCCCCCCCCC/C=C\C/C=C\C/C=C\C/C=C\C/C=C\C/C=C\CC)COC(OCC[N+](C)(C)C)C(=O)O. The lowest BCUT2D eigenvalue weighted by Gasteiger charge is -2.25. The van der Waals surface area contributed by atoms with E-state index >= 15 is 0 Å². The molecule has 0 radical (unpaired) electrons. The number of hydrogen-bond donors (Lipinski definition) is 1. The molecule has 9 nitrogen and oxygen atoms in total. The van der Waals surface area contributed by atoms with Crippen LogP contribution in [-0.4, -0.2) is 87.4 Å². The molecule has 0 fully saturated rings. The molecular formula is C94H158NO8+. The Bertz CT molecular complexity index is 2310. The first-order valence-electron chi connectivity index (χ1n) is 42.3. The topological polar surface area (TPSA) is 108 Å². The number of allylic oxidation sites excluding steroid dienone is 28. The number of esters is 2. The summed E-state index contributed by atoms with van der Waals surface area (Å²) >= 11 is 0. The molecule has 0 rings (SSSR count). The van der Waals surface area contributed by atoms with E-state index in [0.29, 0.717) is 17.4 Å². The van der Waals surface area contributed by atoms with Crippen LogP contribution in [0.2, 0.25) is 0 Å². The Labute approximate surface area is 635 Å². The zero-order valence-corrected chi connectivity index (χ0v) is 67.2. The van der Waals surface area contributed by atoms with Crippen molar-refractivity contribution in [2.75, 3.05) is 47.5 Å². The van der Waals surface area contributed by atoms with Crippen molar-refractivity contribution < 1.29 is 42.9 Å². The Morgan fingerprint density at radius 2 is 0.524 bits per heavy atom. The highest BCUT2D eigenvalue weighted by molar-refractivity contribution is 5.71. The van der Waals surface area contributed by atoms with E-state index in [1.54, 1.807) is 0 Å². The Balaban J connectivity index is 4.02. The van der Waals surface area contributed by atoms with Crippen LogP contribution in [0.15, 0.2) is 170 Å². The van der Waals surface area contributed by atoms with Gasteiger partial charge >= 0.3 is 17.9 Å². The van der Waals surface area contributed by atoms with Crippen molar-refractivity contribution in [3.8, 4) is 0 Å². The predicted octanol–water partition coefficient (Wildman–Crippen LogP) is 27.7. The Morgan fingerprint density at radius 1 is 0.291 bits per heavy atom. The van der Waals surface area contributed by atoms with Crippen LogP contribution in [0.1, 0.15) is 348 Å². The molecule has 0 heterocycles. The van der Waals surface area contributed by atoms with Gasteiger partial charge in [0, 0.05) is 12.8 Å². The van der Waals surface area contributed by atoms with Gasteiger partial charge in [0.25, 0.3) is 6.29 Å². The summed E-state index contributed by atoms with van der Waals surface area (Å²) in [5.74, 6) is -2.00. The van der Waals surface area contributed by atoms with Gasteiger partial charge in [0.1, 0.15) is 13.2 Å². The summed E-state index contributed by atoms with van der Waals surface area (Å²) < 4.78 is 23.1. The van der Waals surface area contributed by atoms with E-state index in [2.05, 4.69) is 184 Å². The molecule has 0 aromatic carbocycles. The van der Waals surface area contributed by atoms with E-state index in [9.17, 15) is 19.5 Å². The number of nitrogens with zero attached hydrogens (tertiary/aromatic N) is 1. The summed E-state index contributed by atoms with van der Waals surface area (Å²) in [4.78, 5) is 37.8. The second-order valence-corrected chi connectivity index (χ2v) is 29.0. The molecule has 0 aromatic rings. The van der Waals surface area contributed by atoms with E-state index in [1.165, 1.54) is 193 Å². The van der Waals surface area contributed by atoms with E-state index in [0.717, 1.165) is 128 Å². The number of likely N-dealkylation sites (N-methyl/N-ethyl adjacent to an activating group) is 1. The lowest BCUT2D eigenvalue weighted by Crippen LogP contribution is -2.40. The van der Waals surface area contributed by atoms with Gasteiger partial charge in [-0.05, 0) is 128 Å². The minimum absolute atomic E-state index is 0.183. The molecule has 0 aliphatic carbocycles. The minimum Gasteiger partial charge on any atom is -0.477 e. The first kappa shape index (κ1) is 97.7. The second-order valence-electron chi connectivity index (χ2n) is 29.0. The number of rotatable bonds is 77. The van der Waals surface area contributed by atoms with E-state index in [4.69, 9.17) is 18.9 Å². The first-order chi connectivity index (χ1) is 50.6. The molecule has 2 unspecified atom stereocenters. The van der Waals surface area contributed by atoms with Crippen molar-refractivity contribution in [2.45, 2.75) is 360 Å². The molecule has 9 heteroatoms. The Morgan fingerprint density at radius 3 is 0.777 bits per heavy atom. The molecule has 0 saturated heterocycles. The molecule has 0 spiro atoms. The van der Waals surface area contributed by atoms with Crippen LogP contribution in [0, 0.1) is 0 Å². The molecule has 586 valence electrons. The maximum Gasteiger partial charge on any atom is 0.361 e. The minimum atomic E-state index is -1.52. The normalized spacial score (nSPS) is 13.5. The summed E-state index contributed by atoms with van der Waals surface area (Å²) in [7, 11) is 5.99. The maximum atomic E-state index is 13.0. The van der Waals surface area contributed by atoms with Gasteiger partial charge in [0.05, 0.1) is 34.4 Å². The average Bonchev–Trinajstić information content (AvgIpc) is 1.01. The number of ether oxygens (including phenoxy) is 4. The summed E-state index contributed by atoms with van der Waals surface area (Å²) in [6.07, 6.45) is 121. The van der Waals surface area contributed by atoms with Gasteiger partial charge in [-0.2, -0.15) is 0 Å². The molecule has 0 aliphatic rings. The Hall–Kier alpha value is -5.35. The number of hydrogen-bond acceptors (Lipinski definition) is 7. The highest BCUT2D eigenvalue weighted by Gasteiger charge is 2.25. The quantitative estimate of drug-likeness (QED) is 0.0211. The Kier molecular flexibility index (Phi) is 78.0. The van der Waals surface area contributed by atoms with Gasteiger partial charge in [-0.3, -0.25) is 9.59 Å². The lowest BCUT2D eigenvalue weighted by molar-refractivity contribution is -0.870. The highest BCUT2D eigenvalue weighted by Crippen LogP contribution is 2.18. The van der Waals surface area contributed by atoms with E-state index < -0.39 is 24.3 Å². The fourth-order valence-corrected chi connectivity index (χ4v) is 11.6. The fourth-order valence-electron chi connectivity index (χ4n) is 11.6. The van der Waals surface area contributed by atoms with Gasteiger partial charge < -0.3 is 28.5 Å². The lowest BCUT2D eigenvalue weighted by atomic mass is 10.0. The van der Waals surface area contributed by atoms with E-state index in [1.807, 2.05) is 21.1 Å². The van der Waals surface area contributed by atoms with Crippen molar-refractivity contribution in [3.05, 3.63) is 170 Å². The summed E-state index contributed by atoms with van der Waals surface area (Å²) in [5, 5.41) is 9.79. The third-order valence-electron chi connectivity index (χ3n) is 18.0. The van der Waals surface area contributed by atoms with Crippen LogP contribution in [0.25, 0.3) is 0 Å². The number of carboxylic acid groups (broad SMARTS) is 1. The van der Waals surface area contributed by atoms with Gasteiger partial charge in [0.15, 0.2) is 6.10 Å². The maximum absolute atomic E-state index is 13.0. The van der Waals surface area contributed by atoms with Gasteiger partial charge in [-0.25, -0.2) is 4.79 Å². The summed E-state index contributed by atoms with van der Waals surface area (Å²) in [5.41, 5.74) is 0. The predicted molar refractivity (Wildman–Crippen MR) is 446 cm³/mol. The van der Waals surface area contributed by atoms with Crippen molar-refractivity contribution in [1.82, 2.24) is 0 Å². The van der Waals surface area contributed by atoms with Crippen molar-refractivity contribution in [3.63, 3.8) is 0 Å². The van der Waals surface area contributed by atoms with Crippen LogP contribution in [0.3, 0.4) is 0 Å². The molecule has 0 aromatic heterocycles. The van der Waals surface area contributed by atoms with Crippen LogP contribution < -0.4 is 0 Å². The molecule has 0 amide bonds. The van der Waals surface area contributed by atoms with Crippen LogP contribution >= 0.6 is 0 Å². The highest BCUT2D eigenvalue weighted by atomic mass is 16.7. The third-order valence-corrected chi connectivity index (χ3v) is 18.0. The first-order valence-corrected chi connectivity index (χ1v) is 42.3. The van der Waals surface area contributed by atoms with Crippen molar-refractivity contribution >= 4 is 17.9 Å². The number of aliphatic carboxylic acids is 1. The second kappa shape index (κ2) is 82.3. The number of unbranched alkanes of at least 4 members (excludes halogenated alkanes) is 34. The number of carbonyl (C=O) groups is 3. The number of carboxylic acids is 1. The standard InChI is InChI=1S/C94H157NO8/c1-6-8-10-12-14-16-18-20-22-24-26-28-30-32-34-36-38-40-42-44-45-46-47-49-51-53-55-57-59-61-63-65-67-69-71-73-75-77-79-81-83-85-92(97)103-90(89-102-94(93(98)99)100-87-86-95(3,4)5)88-101-91(96)84-82-80-78-76-74-72-70-68-66-64-62-60-58-56-54-52-50-48-43-41-39-37-35-33-31-29-27-25-23-21-19-17-15-13-11-9-7-2/h8-11,14-17,20-23,26-29,32-35,38-41,44-45,47,49,90,94H,6-7,12-13,18-19,24-25,30-31,36-37,42-43,46,48,50-89H2,1-5H3/p+1/b10-8-,11-9-,16-14-,17-15-,22-20-,23-21-,28-26-,29-27-,34-32-,35-33-,40-38-,41-39-,45-44-,49-47-. The molecule has 103 heavy (non-hydrogen) atoms. The fraction of sp³-hybridized carbons (Fsp3) is 0.670. The average molecular weight is 1430 g/mol. The van der Waals surface area contributed by atoms with Crippen molar-refractivity contribution in [1.29, 1.82) is 0 Å². The largest absolute Gasteiger partial charge is 0.477 e. The van der Waals surface area contributed by atoms with Crippen LogP contribution in [-0.2, 0) is 33.3 Å². The molecule has 1 N–H and O–H groups in total. The van der Waals surface area contributed by atoms with Gasteiger partial charge in [-0.15, -0.1) is 0 Å². The van der Waals surface area contributed by atoms with Crippen molar-refractivity contribution in [2.24, 2.45) is 0 Å². The molecule has 0 aliphatic heterocycles. The van der Waals surface area contributed by atoms with Gasteiger partial charge in [0.2, 0.25) is 0 Å². The number of carbonyl (C=O) groups excluding carboxylic acids is 2. The zero-order chi connectivity index (χ0) is 74.6. The summed E-state index contributed by atoms with van der Waals surface area (Å²) in [6.45, 7) is 4.67. The summed E-state index contributed by atoms with van der Waals surface area (Å²) in [6, 6.07) is 0. The van der Waals surface area contributed by atoms with Crippen LogP contribution in [0.4, 0.5) is 0 Å². The zero-order valence-electron chi connectivity index (χ0n) is 67.2. The molecule has 2 atom stereocenters. The van der Waals surface area contributed by atoms with E-state index in [-0.39, 0.29) is 32.2 Å². The number of quaternary nitrogens is 1. The molecule has 0 saturated carbocycles. The van der Waals surface area contributed by atoms with Crippen LogP contribution in [0.5, 0.6) is 0 Å². The van der Waals surface area contributed by atoms with Gasteiger partial charge in [-0.1, -0.05) is 377 Å².